The Balaban J connectivity index is 0.000000195. The number of hydrogen-bond donors (Lipinski definition) is 2. The summed E-state index contributed by atoms with van der Waals surface area (Å²) in [6.45, 7) is 5.33. The van der Waals surface area contributed by atoms with Crippen LogP contribution in [0.3, 0.4) is 0 Å². The van der Waals surface area contributed by atoms with Gasteiger partial charge in [0.05, 0.1) is 11.1 Å². The number of fused-ring (bicyclic) bond motifs is 4. The molecule has 2 aromatic carbocycles. The average Bonchev–Trinajstić information content (AvgIpc) is 2.97. The van der Waals surface area contributed by atoms with E-state index in [2.05, 4.69) is 9.98 Å². The smallest absolute Gasteiger partial charge is 0.448 e. The van der Waals surface area contributed by atoms with Crippen LogP contribution in [0.15, 0.2) is 81.6 Å². The van der Waals surface area contributed by atoms with Crippen molar-refractivity contribution in [3.05, 3.63) is 106 Å². The van der Waals surface area contributed by atoms with Crippen LogP contribution in [0.5, 0.6) is 0 Å². The first-order chi connectivity index (χ1) is 22.4. The summed E-state index contributed by atoms with van der Waals surface area (Å²) in [5.74, 6) is 1.12. The number of alkyl halides is 6. The predicted molar refractivity (Wildman–Crippen MR) is 162 cm³/mol. The van der Waals surface area contributed by atoms with Crippen molar-refractivity contribution in [2.45, 2.75) is 40.0 Å². The first-order valence-corrected chi connectivity index (χ1v) is 14.5. The van der Waals surface area contributed by atoms with Gasteiger partial charge in [-0.3, -0.25) is 0 Å². The van der Waals surface area contributed by atoms with Gasteiger partial charge in [0, 0.05) is 21.9 Å². The predicted octanol–water partition coefficient (Wildman–Crippen LogP) is 3.06. The van der Waals surface area contributed by atoms with Gasteiger partial charge in [-0.05, 0) is 88.4 Å². The Kier molecular flexibility index (Phi) is 11.0. The summed E-state index contributed by atoms with van der Waals surface area (Å²) in [6.07, 6.45) is -8.53. The van der Waals surface area contributed by atoms with Crippen LogP contribution in [0, 0.1) is 27.7 Å². The highest BCUT2D eigenvalue weighted by Gasteiger charge is 2.32. The Morgan fingerprint density at radius 3 is 1.27 bits per heavy atom. The van der Waals surface area contributed by atoms with E-state index in [1.54, 1.807) is 38.1 Å². The Morgan fingerprint density at radius 1 is 0.583 bits per heavy atom. The Morgan fingerprint density at radius 2 is 0.938 bits per heavy atom. The van der Waals surface area contributed by atoms with Crippen LogP contribution < -0.4 is 30.7 Å². The van der Waals surface area contributed by atoms with E-state index >= 15 is 0 Å². The molecule has 0 aromatic heterocycles. The Bertz CT molecular complexity index is 1970. The molecule has 0 spiro atoms. The standard InChI is InChI=1S/2C17H14F3NO.BFO2/c2*1-10-3-5-14-12(7-10)8-13-15(22-14)6-4-11(2)16(13)21-9-17(18,19)20;2-1(3)4/h2*3-8H,9H2,1-2H3;/q;;-2/p+2. The number of rotatable bonds is 2. The SMILES string of the molecule is Cc1ccc2oc3ccc(C)c(=[NH+]CC(F)(F)F)c-3cc2c1.Cc1ccc2oc3ccc(C)c(=[NH+]CC(F)(F)F)c-3cc2c1.[O-]B([O-])F. The van der Waals surface area contributed by atoms with E-state index in [-0.39, 0.29) is 0 Å². The molecule has 0 bridgehead atoms. The third kappa shape index (κ3) is 9.67. The monoisotopic (exact) mass is 674 g/mol. The average molecular weight is 674 g/mol. The van der Waals surface area contributed by atoms with Crippen molar-refractivity contribution >= 4 is 29.3 Å². The summed E-state index contributed by atoms with van der Waals surface area (Å²) < 4.78 is 96.5. The number of halogens is 7. The molecular formula is C34H30BF7N2O4. The highest BCUT2D eigenvalue weighted by Crippen LogP contribution is 2.27. The summed E-state index contributed by atoms with van der Waals surface area (Å²) >= 11 is 0. The minimum absolute atomic E-state index is 0.460. The first-order valence-electron chi connectivity index (χ1n) is 14.5. The van der Waals surface area contributed by atoms with Crippen molar-refractivity contribution in [3.63, 3.8) is 0 Å². The lowest BCUT2D eigenvalue weighted by Gasteiger charge is -2.09. The lowest BCUT2D eigenvalue weighted by atomic mass is 10.0. The summed E-state index contributed by atoms with van der Waals surface area (Å²) in [5.41, 5.74) is 6.37. The molecule has 6 rings (SSSR count). The molecule has 0 amide bonds. The highest BCUT2D eigenvalue weighted by molar-refractivity contribution is 6.27. The van der Waals surface area contributed by atoms with Crippen molar-refractivity contribution in [1.29, 1.82) is 0 Å². The van der Waals surface area contributed by atoms with Crippen molar-refractivity contribution in [2.75, 3.05) is 13.1 Å². The molecule has 2 N–H and O–H groups in total. The molecule has 0 fully saturated rings. The Hall–Kier alpha value is -4.69. The van der Waals surface area contributed by atoms with Gasteiger partial charge >= 0.3 is 12.4 Å². The minimum atomic E-state index is -4.26. The number of benzene rings is 4. The lowest BCUT2D eigenvalue weighted by molar-refractivity contribution is -0.536. The molecule has 2 aliphatic carbocycles. The molecule has 2 aromatic rings. The first kappa shape index (κ1) is 36.2. The summed E-state index contributed by atoms with van der Waals surface area (Å²) in [6, 6.07) is 22.3. The van der Waals surface area contributed by atoms with Crippen LogP contribution >= 0.6 is 0 Å². The van der Waals surface area contributed by atoms with Crippen LogP contribution in [0.1, 0.15) is 22.3 Å². The zero-order valence-electron chi connectivity index (χ0n) is 26.2. The van der Waals surface area contributed by atoms with E-state index in [1.807, 2.05) is 62.4 Å². The number of nitrogens with one attached hydrogen (secondary N) is 2. The summed E-state index contributed by atoms with van der Waals surface area (Å²) in [4.78, 5) is 4.98. The molecule has 0 unspecified atom stereocenters. The van der Waals surface area contributed by atoms with Crippen LogP contribution in [-0.2, 0) is 0 Å². The van der Waals surface area contributed by atoms with E-state index < -0.39 is 32.8 Å². The third-order valence-corrected chi connectivity index (χ3v) is 7.13. The molecule has 0 radical (unpaired) electrons. The van der Waals surface area contributed by atoms with Crippen molar-refractivity contribution in [1.82, 2.24) is 0 Å². The molecule has 0 saturated heterocycles. The molecule has 2 aliphatic heterocycles. The fraction of sp³-hybridized carbons (Fsp3) is 0.235. The maximum atomic E-state index is 12.5. The van der Waals surface area contributed by atoms with Gasteiger partial charge in [-0.2, -0.15) is 26.3 Å². The van der Waals surface area contributed by atoms with Gasteiger partial charge in [0.25, 0.3) is 0 Å². The highest BCUT2D eigenvalue weighted by atomic mass is 19.4. The molecule has 14 heteroatoms. The van der Waals surface area contributed by atoms with Crippen LogP contribution in [0.2, 0.25) is 0 Å². The van der Waals surface area contributed by atoms with Gasteiger partial charge in [0.2, 0.25) is 23.8 Å². The molecule has 2 heterocycles. The topological polar surface area (TPSA) is 100 Å². The lowest BCUT2D eigenvalue weighted by Crippen LogP contribution is -2.80. The summed E-state index contributed by atoms with van der Waals surface area (Å²) in [5, 5.41) is 19.3. The van der Waals surface area contributed by atoms with Crippen molar-refractivity contribution < 1.29 is 59.5 Å². The minimum Gasteiger partial charge on any atom is -0.867 e. The maximum absolute atomic E-state index is 12.5. The van der Waals surface area contributed by atoms with Gasteiger partial charge in [-0.25, -0.2) is 9.98 Å². The molecule has 0 atom stereocenters. The molecule has 0 saturated carbocycles. The van der Waals surface area contributed by atoms with Crippen molar-refractivity contribution in [3.8, 4) is 22.6 Å². The number of hydrogen-bond acceptors (Lipinski definition) is 4. The van der Waals surface area contributed by atoms with E-state index in [4.69, 9.17) is 18.9 Å². The quantitative estimate of drug-likeness (QED) is 0.168. The second kappa shape index (κ2) is 14.6. The maximum Gasteiger partial charge on any atom is 0.448 e. The molecule has 4 aliphatic rings. The molecule has 6 nitrogen and oxygen atoms in total. The molecule has 48 heavy (non-hydrogen) atoms. The van der Waals surface area contributed by atoms with Crippen LogP contribution in [0.25, 0.3) is 44.6 Å². The normalized spacial score (nSPS) is 12.7. The second-order valence-corrected chi connectivity index (χ2v) is 11.1. The molecular weight excluding hydrogens is 644 g/mol. The van der Waals surface area contributed by atoms with Gasteiger partial charge in [0.1, 0.15) is 30.1 Å². The zero-order chi connectivity index (χ0) is 35.4. The van der Waals surface area contributed by atoms with Crippen LogP contribution in [0.4, 0.5) is 30.7 Å². The number of aryl methyl sites for hydroxylation is 4. The van der Waals surface area contributed by atoms with Gasteiger partial charge in [0.15, 0.2) is 0 Å². The van der Waals surface area contributed by atoms with E-state index in [0.717, 1.165) is 33.0 Å². The molecule has 252 valence electrons. The van der Waals surface area contributed by atoms with E-state index in [0.29, 0.717) is 44.5 Å². The fourth-order valence-electron chi connectivity index (χ4n) is 5.03. The largest absolute Gasteiger partial charge is 0.867 e. The van der Waals surface area contributed by atoms with Crippen LogP contribution in [-0.4, -0.2) is 32.8 Å². The third-order valence-electron chi connectivity index (χ3n) is 7.13. The zero-order valence-corrected chi connectivity index (χ0v) is 26.2. The fourth-order valence-corrected chi connectivity index (χ4v) is 5.03. The van der Waals surface area contributed by atoms with E-state index in [9.17, 15) is 30.7 Å². The van der Waals surface area contributed by atoms with Gasteiger partial charge in [-0.1, -0.05) is 23.3 Å². The van der Waals surface area contributed by atoms with Gasteiger partial charge in [-0.15, -0.1) is 0 Å². The van der Waals surface area contributed by atoms with Gasteiger partial charge < -0.3 is 23.2 Å². The van der Waals surface area contributed by atoms with Crippen molar-refractivity contribution in [2.24, 2.45) is 0 Å². The van der Waals surface area contributed by atoms with E-state index in [1.165, 1.54) is 0 Å². The second-order valence-electron chi connectivity index (χ2n) is 11.1. The Labute approximate surface area is 270 Å². The summed E-state index contributed by atoms with van der Waals surface area (Å²) in [7, 11) is -3.17.